The Morgan fingerprint density at radius 2 is 1.92 bits per heavy atom. The largest absolute Gasteiger partial charge is 0.417 e. The van der Waals surface area contributed by atoms with Gasteiger partial charge in [-0.1, -0.05) is 41.9 Å². The molecule has 1 aromatic carbocycles. The van der Waals surface area contributed by atoms with Gasteiger partial charge in [-0.3, -0.25) is 9.78 Å². The van der Waals surface area contributed by atoms with Crippen LogP contribution in [0, 0.1) is 0 Å². The lowest BCUT2D eigenvalue weighted by atomic mass is 9.99. The summed E-state index contributed by atoms with van der Waals surface area (Å²) in [6, 6.07) is 10.2. The van der Waals surface area contributed by atoms with Crippen molar-refractivity contribution in [1.82, 2.24) is 10.3 Å². The standard InChI is InChI=1S/C17H14ClF3N2O/c18-13-8-12(17(19,20)21)10-22-14(13)16(6-7-16)15(24)23-9-11-4-2-1-3-5-11/h1-5,8,10H,6-7,9H2,(H,23,24). The predicted octanol–water partition coefficient (Wildman–Crippen LogP) is 4.10. The van der Waals surface area contributed by atoms with Gasteiger partial charge >= 0.3 is 6.18 Å². The van der Waals surface area contributed by atoms with E-state index in [0.717, 1.165) is 17.8 Å². The molecule has 0 unspecified atom stereocenters. The lowest BCUT2D eigenvalue weighted by molar-refractivity contribution is -0.137. The van der Waals surface area contributed by atoms with Crippen molar-refractivity contribution in [3.05, 3.63) is 64.4 Å². The van der Waals surface area contributed by atoms with E-state index in [1.165, 1.54) is 0 Å². The van der Waals surface area contributed by atoms with Crippen LogP contribution in [0.1, 0.15) is 29.7 Å². The second kappa shape index (κ2) is 6.09. The second-order valence-corrected chi connectivity index (χ2v) is 6.21. The Morgan fingerprint density at radius 3 is 2.46 bits per heavy atom. The number of hydrogen-bond acceptors (Lipinski definition) is 2. The van der Waals surface area contributed by atoms with Crippen LogP contribution in [0.2, 0.25) is 5.02 Å². The Balaban J connectivity index is 1.77. The lowest BCUT2D eigenvalue weighted by Crippen LogP contribution is -2.35. The molecule has 0 bridgehead atoms. The second-order valence-electron chi connectivity index (χ2n) is 5.80. The van der Waals surface area contributed by atoms with E-state index in [0.29, 0.717) is 19.4 Å². The van der Waals surface area contributed by atoms with Gasteiger partial charge in [0.05, 0.1) is 21.7 Å². The molecule has 0 atom stereocenters. The van der Waals surface area contributed by atoms with Crippen LogP contribution in [0.25, 0.3) is 0 Å². The molecule has 1 amide bonds. The van der Waals surface area contributed by atoms with E-state index in [4.69, 9.17) is 11.6 Å². The van der Waals surface area contributed by atoms with E-state index >= 15 is 0 Å². The number of benzene rings is 1. The summed E-state index contributed by atoms with van der Waals surface area (Å²) < 4.78 is 38.1. The van der Waals surface area contributed by atoms with Gasteiger partial charge in [0.1, 0.15) is 0 Å². The molecule has 1 aliphatic rings. The molecule has 0 saturated heterocycles. The van der Waals surface area contributed by atoms with Crippen LogP contribution in [0.4, 0.5) is 13.2 Å². The monoisotopic (exact) mass is 354 g/mol. The SMILES string of the molecule is O=C(NCc1ccccc1)C1(c2ncc(C(F)(F)F)cc2Cl)CC1. The summed E-state index contributed by atoms with van der Waals surface area (Å²) in [4.78, 5) is 16.3. The van der Waals surface area contributed by atoms with Crippen molar-refractivity contribution in [1.29, 1.82) is 0 Å². The molecule has 126 valence electrons. The Kier molecular flexibility index (Phi) is 4.25. The highest BCUT2D eigenvalue weighted by Crippen LogP contribution is 2.50. The number of rotatable bonds is 4. The fourth-order valence-electron chi connectivity index (χ4n) is 2.59. The van der Waals surface area contributed by atoms with Crippen molar-refractivity contribution >= 4 is 17.5 Å². The summed E-state index contributed by atoms with van der Waals surface area (Å²) in [7, 11) is 0. The number of pyridine rings is 1. The number of alkyl halides is 3. The van der Waals surface area contributed by atoms with Crippen molar-refractivity contribution in [2.24, 2.45) is 0 Å². The first kappa shape index (κ1) is 16.8. The molecule has 1 saturated carbocycles. The maximum Gasteiger partial charge on any atom is 0.417 e. The molecule has 1 heterocycles. The Bertz CT molecular complexity index is 758. The highest BCUT2D eigenvalue weighted by molar-refractivity contribution is 6.31. The first-order chi connectivity index (χ1) is 11.3. The van der Waals surface area contributed by atoms with Crippen molar-refractivity contribution in [2.75, 3.05) is 0 Å². The van der Waals surface area contributed by atoms with E-state index in [-0.39, 0.29) is 16.6 Å². The van der Waals surface area contributed by atoms with E-state index in [1.807, 2.05) is 30.3 Å². The summed E-state index contributed by atoms with van der Waals surface area (Å²) in [5.41, 5.74) is -0.691. The van der Waals surface area contributed by atoms with Gasteiger partial charge in [-0.25, -0.2) is 0 Å². The van der Waals surface area contributed by atoms with Crippen LogP contribution >= 0.6 is 11.6 Å². The first-order valence-corrected chi connectivity index (χ1v) is 7.76. The predicted molar refractivity (Wildman–Crippen MR) is 83.4 cm³/mol. The van der Waals surface area contributed by atoms with E-state index in [2.05, 4.69) is 10.3 Å². The summed E-state index contributed by atoms with van der Waals surface area (Å²) in [6.45, 7) is 0.347. The number of halogens is 4. The van der Waals surface area contributed by atoms with Crippen molar-refractivity contribution < 1.29 is 18.0 Å². The molecule has 3 rings (SSSR count). The van der Waals surface area contributed by atoms with Crippen LogP contribution in [-0.2, 0) is 22.9 Å². The Hall–Kier alpha value is -2.08. The van der Waals surface area contributed by atoms with Crippen LogP contribution in [0.15, 0.2) is 42.6 Å². The minimum absolute atomic E-state index is 0.128. The number of carbonyl (C=O) groups is 1. The zero-order valence-corrected chi connectivity index (χ0v) is 13.3. The number of carbonyl (C=O) groups excluding carboxylic acids is 1. The third-order valence-corrected chi connectivity index (χ3v) is 4.39. The fraction of sp³-hybridized carbons (Fsp3) is 0.294. The third kappa shape index (κ3) is 3.24. The van der Waals surface area contributed by atoms with Gasteiger partial charge in [-0.2, -0.15) is 13.2 Å². The van der Waals surface area contributed by atoms with Crippen molar-refractivity contribution in [3.8, 4) is 0 Å². The number of nitrogens with one attached hydrogen (secondary N) is 1. The lowest BCUT2D eigenvalue weighted by Gasteiger charge is -2.17. The third-order valence-electron chi connectivity index (χ3n) is 4.10. The number of hydrogen-bond donors (Lipinski definition) is 1. The number of amides is 1. The van der Waals surface area contributed by atoms with Crippen LogP contribution in [0.3, 0.4) is 0 Å². The average Bonchev–Trinajstić information content (AvgIpc) is 3.34. The molecule has 1 N–H and O–H groups in total. The topological polar surface area (TPSA) is 42.0 Å². The number of aromatic nitrogens is 1. The molecule has 0 radical (unpaired) electrons. The van der Waals surface area contributed by atoms with Gasteiger partial charge in [0.2, 0.25) is 5.91 Å². The normalized spacial score (nSPS) is 15.8. The van der Waals surface area contributed by atoms with Gasteiger partial charge in [0.15, 0.2) is 0 Å². The number of nitrogens with zero attached hydrogens (tertiary/aromatic N) is 1. The van der Waals surface area contributed by atoms with Gasteiger partial charge in [-0.05, 0) is 24.5 Å². The first-order valence-electron chi connectivity index (χ1n) is 7.38. The molecular weight excluding hydrogens is 341 g/mol. The maximum absolute atomic E-state index is 12.7. The van der Waals surface area contributed by atoms with Gasteiger partial charge < -0.3 is 5.32 Å². The Morgan fingerprint density at radius 1 is 1.25 bits per heavy atom. The molecule has 1 fully saturated rings. The zero-order valence-electron chi connectivity index (χ0n) is 12.5. The van der Waals surface area contributed by atoms with Gasteiger partial charge in [0.25, 0.3) is 0 Å². The highest BCUT2D eigenvalue weighted by Gasteiger charge is 2.54. The summed E-state index contributed by atoms with van der Waals surface area (Å²) >= 11 is 5.98. The van der Waals surface area contributed by atoms with Crippen LogP contribution < -0.4 is 5.32 Å². The fourth-order valence-corrected chi connectivity index (χ4v) is 2.94. The molecule has 2 aromatic rings. The molecule has 7 heteroatoms. The summed E-state index contributed by atoms with van der Waals surface area (Å²) in [5, 5.41) is 2.68. The van der Waals surface area contributed by atoms with Crippen LogP contribution in [-0.4, -0.2) is 10.9 Å². The maximum atomic E-state index is 12.7. The minimum atomic E-state index is -4.51. The van der Waals surface area contributed by atoms with E-state index in [1.54, 1.807) is 0 Å². The average molecular weight is 355 g/mol. The zero-order chi connectivity index (χ0) is 17.4. The van der Waals surface area contributed by atoms with Crippen LogP contribution in [0.5, 0.6) is 0 Å². The molecular formula is C17H14ClF3N2O. The van der Waals surface area contributed by atoms with Gasteiger partial charge in [0, 0.05) is 12.7 Å². The quantitative estimate of drug-likeness (QED) is 0.898. The highest BCUT2D eigenvalue weighted by atomic mass is 35.5. The summed E-state index contributed by atoms with van der Waals surface area (Å²) in [5.74, 6) is -0.263. The molecule has 1 aromatic heterocycles. The summed E-state index contributed by atoms with van der Waals surface area (Å²) in [6.07, 6.45) is -2.75. The van der Waals surface area contributed by atoms with Crippen molar-refractivity contribution in [2.45, 2.75) is 31.0 Å². The molecule has 3 nitrogen and oxygen atoms in total. The smallest absolute Gasteiger partial charge is 0.351 e. The van der Waals surface area contributed by atoms with Crippen molar-refractivity contribution in [3.63, 3.8) is 0 Å². The molecule has 0 aliphatic heterocycles. The Labute approximate surface area is 141 Å². The molecule has 1 aliphatic carbocycles. The van der Waals surface area contributed by atoms with E-state index in [9.17, 15) is 18.0 Å². The van der Waals surface area contributed by atoms with E-state index < -0.39 is 17.2 Å². The molecule has 24 heavy (non-hydrogen) atoms. The minimum Gasteiger partial charge on any atom is -0.351 e. The molecule has 0 spiro atoms. The van der Waals surface area contributed by atoms with Gasteiger partial charge in [-0.15, -0.1) is 0 Å².